The predicted molar refractivity (Wildman–Crippen MR) is 130 cm³/mol. The van der Waals surface area contributed by atoms with Crippen molar-refractivity contribution in [2.24, 2.45) is 7.05 Å². The van der Waals surface area contributed by atoms with E-state index in [1.165, 1.54) is 24.4 Å². The van der Waals surface area contributed by atoms with Gasteiger partial charge in [-0.05, 0) is 66.9 Å². The van der Waals surface area contributed by atoms with Crippen molar-refractivity contribution in [1.29, 1.82) is 0 Å². The number of aryl methyl sites for hydroxylation is 2. The number of rotatable bonds is 8. The molecule has 0 unspecified atom stereocenters. The molecule has 3 heterocycles. The van der Waals surface area contributed by atoms with E-state index in [4.69, 9.17) is 4.74 Å². The molecule has 0 aliphatic carbocycles. The molecule has 0 saturated heterocycles. The Morgan fingerprint density at radius 1 is 1.18 bits per heavy atom. The number of nitro groups is 1. The van der Waals surface area contributed by atoms with Crippen LogP contribution >= 0.6 is 31.9 Å². The summed E-state index contributed by atoms with van der Waals surface area (Å²) >= 11 is 6.84. The monoisotopic (exact) mass is 592 g/mol. The zero-order valence-corrected chi connectivity index (χ0v) is 21.4. The van der Waals surface area contributed by atoms with Gasteiger partial charge in [-0.2, -0.15) is 10.2 Å². The summed E-state index contributed by atoms with van der Waals surface area (Å²) in [5, 5.41) is 20.3. The first-order valence-electron chi connectivity index (χ1n) is 10.2. The Hall–Kier alpha value is -3.12. The summed E-state index contributed by atoms with van der Waals surface area (Å²) in [4.78, 5) is 14.5. The Labute approximate surface area is 211 Å². The van der Waals surface area contributed by atoms with Gasteiger partial charge in [0.2, 0.25) is 5.75 Å². The van der Waals surface area contributed by atoms with Gasteiger partial charge in [0.25, 0.3) is 0 Å². The number of halogens is 3. The molecule has 9 nitrogen and oxygen atoms in total. The van der Waals surface area contributed by atoms with Gasteiger partial charge in [0.15, 0.2) is 6.20 Å². The fraction of sp³-hybridized carbons (Fsp3) is 0.227. The molecule has 34 heavy (non-hydrogen) atoms. The second kappa shape index (κ2) is 10.0. The molecule has 3 aromatic heterocycles. The average Bonchev–Trinajstić information content (AvgIpc) is 3.34. The maximum Gasteiger partial charge on any atom is 0.406 e. The first-order valence-corrected chi connectivity index (χ1v) is 11.8. The van der Waals surface area contributed by atoms with Crippen molar-refractivity contribution < 1.29 is 14.1 Å². The van der Waals surface area contributed by atoms with E-state index in [-0.39, 0.29) is 12.4 Å². The third-order valence-corrected chi connectivity index (χ3v) is 6.46. The Morgan fingerprint density at radius 3 is 2.68 bits per heavy atom. The van der Waals surface area contributed by atoms with E-state index in [1.807, 2.05) is 24.9 Å². The molecule has 0 spiro atoms. The van der Waals surface area contributed by atoms with E-state index < -0.39 is 16.6 Å². The number of nitrogens with zero attached hydrogens (tertiary/aromatic N) is 6. The highest BCUT2D eigenvalue weighted by molar-refractivity contribution is 9.10. The Balaban J connectivity index is 1.69. The number of hydrogen-bond acceptors (Lipinski definition) is 6. The molecule has 0 aliphatic heterocycles. The van der Waals surface area contributed by atoms with E-state index >= 15 is 0 Å². The molecule has 4 aromatic rings. The lowest BCUT2D eigenvalue weighted by atomic mass is 9.99. The van der Waals surface area contributed by atoms with Gasteiger partial charge in [-0.1, -0.05) is 0 Å². The first kappa shape index (κ1) is 24.0. The van der Waals surface area contributed by atoms with Gasteiger partial charge in [0, 0.05) is 54.5 Å². The molecule has 1 aromatic carbocycles. The SMILES string of the molecule is CCn1ncc(Cc2cn(C)nc2-c2ccc(F)cc2COc2cc(Br)cnc2[N+](=O)[O-])c1Br. The van der Waals surface area contributed by atoms with Gasteiger partial charge < -0.3 is 14.9 Å². The van der Waals surface area contributed by atoms with E-state index in [1.54, 1.807) is 16.9 Å². The summed E-state index contributed by atoms with van der Waals surface area (Å²) in [6.45, 7) is 2.63. The minimum absolute atomic E-state index is 0.0215. The Bertz CT molecular complexity index is 1370. The minimum atomic E-state index is -0.626. The van der Waals surface area contributed by atoms with Crippen LogP contribution in [0.3, 0.4) is 0 Å². The lowest BCUT2D eigenvalue weighted by Crippen LogP contribution is -2.03. The summed E-state index contributed by atoms with van der Waals surface area (Å²) in [5.41, 5.74) is 3.74. The molecule has 0 atom stereocenters. The van der Waals surface area contributed by atoms with Crippen molar-refractivity contribution >= 4 is 37.7 Å². The highest BCUT2D eigenvalue weighted by Crippen LogP contribution is 2.32. The van der Waals surface area contributed by atoms with Crippen LogP contribution in [-0.4, -0.2) is 29.5 Å². The third kappa shape index (κ3) is 5.02. The molecule has 176 valence electrons. The van der Waals surface area contributed by atoms with Gasteiger partial charge in [0.1, 0.15) is 17.0 Å². The largest absolute Gasteiger partial charge is 0.481 e. The van der Waals surface area contributed by atoms with Crippen molar-refractivity contribution in [3.8, 4) is 17.0 Å². The second-order valence-corrected chi connectivity index (χ2v) is 9.12. The average molecular weight is 594 g/mol. The van der Waals surface area contributed by atoms with Crippen LogP contribution in [0.5, 0.6) is 5.75 Å². The Morgan fingerprint density at radius 2 is 1.97 bits per heavy atom. The zero-order valence-electron chi connectivity index (χ0n) is 18.2. The van der Waals surface area contributed by atoms with Crippen LogP contribution in [0.1, 0.15) is 23.6 Å². The van der Waals surface area contributed by atoms with E-state index in [0.717, 1.165) is 22.3 Å². The summed E-state index contributed by atoms with van der Waals surface area (Å²) in [6.07, 6.45) is 5.58. The number of benzene rings is 1. The quantitative estimate of drug-likeness (QED) is 0.199. The molecule has 0 fully saturated rings. The van der Waals surface area contributed by atoms with Crippen molar-refractivity contribution in [2.75, 3.05) is 0 Å². The van der Waals surface area contributed by atoms with Crippen LogP contribution in [-0.2, 0) is 26.6 Å². The van der Waals surface area contributed by atoms with Gasteiger partial charge in [0.05, 0.1) is 16.4 Å². The van der Waals surface area contributed by atoms with Gasteiger partial charge >= 0.3 is 5.82 Å². The maximum absolute atomic E-state index is 14.2. The second-order valence-electron chi connectivity index (χ2n) is 7.45. The summed E-state index contributed by atoms with van der Waals surface area (Å²) < 4.78 is 24.9. The summed E-state index contributed by atoms with van der Waals surface area (Å²) in [6, 6.07) is 5.79. The smallest absolute Gasteiger partial charge is 0.406 e. The van der Waals surface area contributed by atoms with Crippen LogP contribution in [0.25, 0.3) is 11.3 Å². The molecule has 0 bridgehead atoms. The highest BCUT2D eigenvalue weighted by Gasteiger charge is 2.21. The van der Waals surface area contributed by atoms with Crippen LogP contribution < -0.4 is 4.74 Å². The molecule has 0 saturated carbocycles. The zero-order chi connectivity index (χ0) is 24.4. The molecule has 0 aliphatic rings. The maximum atomic E-state index is 14.2. The molecule has 12 heteroatoms. The molecular formula is C22H19Br2FN6O3. The molecule has 0 amide bonds. The van der Waals surface area contributed by atoms with E-state index in [0.29, 0.717) is 27.7 Å². The normalized spacial score (nSPS) is 11.1. The van der Waals surface area contributed by atoms with Crippen molar-refractivity contribution in [1.82, 2.24) is 24.5 Å². The minimum Gasteiger partial charge on any atom is -0.481 e. The third-order valence-electron chi connectivity index (χ3n) is 5.11. The van der Waals surface area contributed by atoms with E-state index in [2.05, 4.69) is 47.0 Å². The van der Waals surface area contributed by atoms with E-state index in [9.17, 15) is 14.5 Å². The number of aromatic nitrogens is 5. The number of pyridine rings is 1. The molecule has 0 N–H and O–H groups in total. The summed E-state index contributed by atoms with van der Waals surface area (Å²) in [7, 11) is 1.81. The van der Waals surface area contributed by atoms with Crippen LogP contribution in [0.4, 0.5) is 10.2 Å². The van der Waals surface area contributed by atoms with Crippen LogP contribution in [0.2, 0.25) is 0 Å². The lowest BCUT2D eigenvalue weighted by Gasteiger charge is -2.12. The number of ether oxygens (including phenoxy) is 1. The molecule has 0 radical (unpaired) electrons. The Kier molecular flexibility index (Phi) is 7.08. The predicted octanol–water partition coefficient (Wildman–Crippen LogP) is 5.44. The van der Waals surface area contributed by atoms with Crippen molar-refractivity contribution in [3.63, 3.8) is 0 Å². The molecule has 4 rings (SSSR count). The fourth-order valence-corrected chi connectivity index (χ4v) is 4.47. The first-order chi connectivity index (χ1) is 16.3. The number of hydrogen-bond donors (Lipinski definition) is 0. The van der Waals surface area contributed by atoms with Crippen LogP contribution in [0.15, 0.2) is 51.9 Å². The summed E-state index contributed by atoms with van der Waals surface area (Å²) in [5.74, 6) is -0.891. The van der Waals surface area contributed by atoms with Crippen molar-refractivity contribution in [2.45, 2.75) is 26.5 Å². The molecular weight excluding hydrogens is 575 g/mol. The standard InChI is InChI=1S/C22H19Br2FN6O3/c1-3-30-21(24)13(9-27-30)6-14-11-29(2)28-20(14)18-5-4-17(25)7-15(18)12-34-19-8-16(23)10-26-22(19)31(32)33/h4-5,7-11H,3,6,12H2,1-2H3. The fourth-order valence-electron chi connectivity index (χ4n) is 3.57. The lowest BCUT2D eigenvalue weighted by molar-refractivity contribution is -0.390. The van der Waals surface area contributed by atoms with Gasteiger partial charge in [-0.15, -0.1) is 0 Å². The van der Waals surface area contributed by atoms with Gasteiger partial charge in [-0.3, -0.25) is 9.36 Å². The topological polar surface area (TPSA) is 101 Å². The van der Waals surface area contributed by atoms with Crippen LogP contribution in [0, 0.1) is 15.9 Å². The highest BCUT2D eigenvalue weighted by atomic mass is 79.9. The van der Waals surface area contributed by atoms with Crippen molar-refractivity contribution in [3.05, 3.63) is 84.6 Å². The van der Waals surface area contributed by atoms with Gasteiger partial charge in [-0.25, -0.2) is 4.39 Å².